The average molecular weight is 416 g/mol. The molecule has 2 aliphatic rings. The lowest BCUT2D eigenvalue weighted by Crippen LogP contribution is -2.27. The van der Waals surface area contributed by atoms with Gasteiger partial charge < -0.3 is 19.7 Å². The number of pyridine rings is 1. The maximum atomic E-state index is 14.9. The molecule has 0 radical (unpaired) electrons. The Bertz CT molecular complexity index is 991. The number of ether oxygens (including phenoxy) is 1. The molecule has 2 fully saturated rings. The SMILES string of the molecule is CC(Oc1cn(C2CCCC2)c2cc(NC3CCCCC3)c(F)cc2c1=O)C(=O)O. The fourth-order valence-corrected chi connectivity index (χ4v) is 4.73. The van der Waals surface area contributed by atoms with Crippen molar-refractivity contribution in [2.45, 2.75) is 82.9 Å². The highest BCUT2D eigenvalue weighted by molar-refractivity contribution is 5.84. The fourth-order valence-electron chi connectivity index (χ4n) is 4.73. The van der Waals surface area contributed by atoms with Crippen LogP contribution in [0, 0.1) is 5.82 Å². The van der Waals surface area contributed by atoms with E-state index in [1.54, 1.807) is 12.3 Å². The number of aliphatic carboxylic acids is 1. The number of halogens is 1. The lowest BCUT2D eigenvalue weighted by molar-refractivity contribution is -0.144. The number of fused-ring (bicyclic) bond motifs is 1. The van der Waals surface area contributed by atoms with Gasteiger partial charge in [0, 0.05) is 12.1 Å². The number of anilines is 1. The number of hydrogen-bond donors (Lipinski definition) is 2. The number of carbonyl (C=O) groups is 1. The standard InChI is InChI=1S/C23H29FN2O4/c1-14(23(28)29)30-21-13-26(16-9-5-6-10-16)20-12-19(18(24)11-17(20)22(21)27)25-15-7-3-2-4-8-15/h11-16,25H,2-10H2,1H3,(H,28,29). The van der Waals surface area contributed by atoms with E-state index in [2.05, 4.69) is 5.32 Å². The molecule has 1 aromatic carbocycles. The highest BCUT2D eigenvalue weighted by Gasteiger charge is 2.24. The molecular formula is C23H29FN2O4. The van der Waals surface area contributed by atoms with Crippen LogP contribution in [0.2, 0.25) is 0 Å². The summed E-state index contributed by atoms with van der Waals surface area (Å²) in [7, 11) is 0. The Labute approximate surface area is 175 Å². The van der Waals surface area contributed by atoms with Crippen molar-refractivity contribution in [1.29, 1.82) is 0 Å². The molecule has 2 saturated carbocycles. The zero-order chi connectivity index (χ0) is 21.3. The molecule has 4 rings (SSSR count). The van der Waals surface area contributed by atoms with Crippen molar-refractivity contribution in [3.8, 4) is 5.75 Å². The van der Waals surface area contributed by atoms with E-state index in [1.807, 2.05) is 4.57 Å². The molecule has 162 valence electrons. The first-order valence-electron chi connectivity index (χ1n) is 11.0. The van der Waals surface area contributed by atoms with Gasteiger partial charge in [0.25, 0.3) is 0 Å². The Morgan fingerprint density at radius 2 is 1.83 bits per heavy atom. The molecule has 1 heterocycles. The largest absolute Gasteiger partial charge is 0.479 e. The zero-order valence-corrected chi connectivity index (χ0v) is 17.3. The number of carboxylic acid groups (broad SMARTS) is 1. The highest BCUT2D eigenvalue weighted by atomic mass is 19.1. The molecular weight excluding hydrogens is 387 g/mol. The van der Waals surface area contributed by atoms with E-state index in [9.17, 15) is 14.0 Å². The first-order chi connectivity index (χ1) is 14.4. The smallest absolute Gasteiger partial charge is 0.344 e. The maximum Gasteiger partial charge on any atom is 0.344 e. The van der Waals surface area contributed by atoms with Crippen molar-refractivity contribution in [3.05, 3.63) is 34.4 Å². The Kier molecular flexibility index (Phi) is 5.97. The highest BCUT2D eigenvalue weighted by Crippen LogP contribution is 2.34. The summed E-state index contributed by atoms with van der Waals surface area (Å²) < 4.78 is 22.4. The summed E-state index contributed by atoms with van der Waals surface area (Å²) in [5.74, 6) is -1.66. The molecule has 0 spiro atoms. The lowest BCUT2D eigenvalue weighted by atomic mass is 9.95. The van der Waals surface area contributed by atoms with Crippen molar-refractivity contribution < 1.29 is 19.0 Å². The van der Waals surface area contributed by atoms with Crippen molar-refractivity contribution in [2.75, 3.05) is 5.32 Å². The Hall–Kier alpha value is -2.57. The van der Waals surface area contributed by atoms with Gasteiger partial charge in [0.15, 0.2) is 11.9 Å². The second-order valence-electron chi connectivity index (χ2n) is 8.59. The summed E-state index contributed by atoms with van der Waals surface area (Å²) in [6.07, 6.45) is 10.1. The molecule has 2 N–H and O–H groups in total. The van der Waals surface area contributed by atoms with Crippen molar-refractivity contribution in [1.82, 2.24) is 4.57 Å². The summed E-state index contributed by atoms with van der Waals surface area (Å²) in [6.45, 7) is 1.38. The van der Waals surface area contributed by atoms with Crippen LogP contribution < -0.4 is 15.5 Å². The summed E-state index contributed by atoms with van der Waals surface area (Å²) in [5.41, 5.74) is 0.616. The van der Waals surface area contributed by atoms with Gasteiger partial charge in [-0.15, -0.1) is 0 Å². The molecule has 2 aliphatic carbocycles. The van der Waals surface area contributed by atoms with E-state index in [4.69, 9.17) is 9.84 Å². The second kappa shape index (κ2) is 8.66. The molecule has 1 atom stereocenters. The van der Waals surface area contributed by atoms with Gasteiger partial charge in [-0.1, -0.05) is 32.1 Å². The minimum atomic E-state index is -1.16. The molecule has 1 aromatic heterocycles. The maximum absolute atomic E-state index is 14.9. The van der Waals surface area contributed by atoms with Crippen LogP contribution in [0.5, 0.6) is 5.75 Å². The number of benzene rings is 1. The lowest BCUT2D eigenvalue weighted by Gasteiger charge is -2.25. The quantitative estimate of drug-likeness (QED) is 0.703. The molecule has 0 aliphatic heterocycles. The summed E-state index contributed by atoms with van der Waals surface area (Å²) in [5, 5.41) is 12.7. The predicted molar refractivity (Wildman–Crippen MR) is 114 cm³/mol. The fraction of sp³-hybridized carbons (Fsp3) is 0.565. The minimum absolute atomic E-state index is 0.0447. The van der Waals surface area contributed by atoms with E-state index >= 15 is 0 Å². The van der Waals surface area contributed by atoms with E-state index < -0.39 is 23.3 Å². The molecule has 30 heavy (non-hydrogen) atoms. The van der Waals surface area contributed by atoms with Gasteiger partial charge in [-0.2, -0.15) is 0 Å². The summed E-state index contributed by atoms with van der Waals surface area (Å²) in [6, 6.07) is 3.44. The normalized spacial score (nSPS) is 19.1. The first-order valence-corrected chi connectivity index (χ1v) is 11.0. The average Bonchev–Trinajstić information content (AvgIpc) is 3.26. The van der Waals surface area contributed by atoms with E-state index in [-0.39, 0.29) is 23.2 Å². The third-order valence-electron chi connectivity index (χ3n) is 6.42. The van der Waals surface area contributed by atoms with Crippen molar-refractivity contribution in [2.24, 2.45) is 0 Å². The van der Waals surface area contributed by atoms with Crippen LogP contribution in [0.25, 0.3) is 10.9 Å². The zero-order valence-electron chi connectivity index (χ0n) is 17.3. The second-order valence-corrected chi connectivity index (χ2v) is 8.59. The van der Waals surface area contributed by atoms with Crippen LogP contribution in [-0.4, -0.2) is 27.8 Å². The number of aromatic nitrogens is 1. The van der Waals surface area contributed by atoms with Gasteiger partial charge in [0.1, 0.15) is 5.82 Å². The van der Waals surface area contributed by atoms with Gasteiger partial charge in [0.05, 0.1) is 22.8 Å². The van der Waals surface area contributed by atoms with E-state index in [1.165, 1.54) is 19.4 Å². The van der Waals surface area contributed by atoms with Crippen LogP contribution in [0.4, 0.5) is 10.1 Å². The van der Waals surface area contributed by atoms with Gasteiger partial charge in [0.2, 0.25) is 5.43 Å². The van der Waals surface area contributed by atoms with Gasteiger partial charge >= 0.3 is 5.97 Å². The Morgan fingerprint density at radius 3 is 2.50 bits per heavy atom. The molecule has 2 aromatic rings. The van der Waals surface area contributed by atoms with Crippen LogP contribution in [-0.2, 0) is 4.79 Å². The van der Waals surface area contributed by atoms with Crippen LogP contribution in [0.3, 0.4) is 0 Å². The molecule has 7 heteroatoms. The van der Waals surface area contributed by atoms with E-state index in [0.717, 1.165) is 51.4 Å². The third-order valence-corrected chi connectivity index (χ3v) is 6.42. The number of rotatable bonds is 6. The number of carboxylic acids is 1. The molecule has 1 unspecified atom stereocenters. The van der Waals surface area contributed by atoms with Crippen LogP contribution in [0.1, 0.15) is 70.8 Å². The van der Waals surface area contributed by atoms with Crippen molar-refractivity contribution >= 4 is 22.6 Å². The molecule has 6 nitrogen and oxygen atoms in total. The summed E-state index contributed by atoms with van der Waals surface area (Å²) >= 11 is 0. The Morgan fingerprint density at radius 1 is 1.17 bits per heavy atom. The van der Waals surface area contributed by atoms with Crippen molar-refractivity contribution in [3.63, 3.8) is 0 Å². The summed E-state index contributed by atoms with van der Waals surface area (Å²) in [4.78, 5) is 24.2. The number of nitrogens with one attached hydrogen (secondary N) is 1. The first kappa shape index (κ1) is 20.7. The topological polar surface area (TPSA) is 80.6 Å². The monoisotopic (exact) mass is 416 g/mol. The minimum Gasteiger partial charge on any atom is -0.479 e. The number of nitrogens with zero attached hydrogens (tertiary/aromatic N) is 1. The Balaban J connectivity index is 1.80. The van der Waals surface area contributed by atoms with Gasteiger partial charge in [-0.3, -0.25) is 4.79 Å². The molecule has 0 saturated heterocycles. The number of hydrogen-bond acceptors (Lipinski definition) is 4. The third kappa shape index (κ3) is 4.16. The van der Waals surface area contributed by atoms with Gasteiger partial charge in [-0.25, -0.2) is 9.18 Å². The predicted octanol–water partition coefficient (Wildman–Crippen LogP) is 4.85. The van der Waals surface area contributed by atoms with E-state index in [0.29, 0.717) is 11.2 Å². The van der Waals surface area contributed by atoms with Crippen LogP contribution in [0.15, 0.2) is 23.1 Å². The van der Waals surface area contributed by atoms with Crippen LogP contribution >= 0.6 is 0 Å². The molecule has 0 bridgehead atoms. The molecule has 0 amide bonds. The van der Waals surface area contributed by atoms with Gasteiger partial charge in [-0.05, 0) is 44.7 Å².